The average molecular weight is 286 g/mol. The number of ether oxygens (including phenoxy) is 1. The largest absolute Gasteiger partial charge is 0.466 e. The maximum Gasteiger partial charge on any atom is 0.308 e. The number of benzene rings is 1. The normalized spacial score (nSPS) is 12.1. The number of nitrogen functional groups attached to an aromatic ring is 1. The van der Waals surface area contributed by atoms with Crippen LogP contribution in [-0.4, -0.2) is 17.1 Å². The summed E-state index contributed by atoms with van der Waals surface area (Å²) in [5.41, 5.74) is 9.78. The first kappa shape index (κ1) is 15.2. The van der Waals surface area contributed by atoms with Crippen LogP contribution in [-0.2, 0) is 9.53 Å². The van der Waals surface area contributed by atoms with Gasteiger partial charge in [0.1, 0.15) is 0 Å². The predicted octanol–water partition coefficient (Wildman–Crippen LogP) is 3.23. The number of nitrogens with zero attached hydrogens (tertiary/aromatic N) is 1. The van der Waals surface area contributed by atoms with E-state index in [-0.39, 0.29) is 12.0 Å². The molecule has 1 atom stereocenters. The van der Waals surface area contributed by atoms with E-state index in [0.29, 0.717) is 13.0 Å². The quantitative estimate of drug-likeness (QED) is 0.678. The van der Waals surface area contributed by atoms with Gasteiger partial charge in [-0.1, -0.05) is 12.1 Å². The molecule has 0 unspecified atom stereocenters. The molecule has 0 spiro atoms. The van der Waals surface area contributed by atoms with Crippen LogP contribution in [0.25, 0.3) is 0 Å². The summed E-state index contributed by atoms with van der Waals surface area (Å²) < 4.78 is 7.29. The van der Waals surface area contributed by atoms with Crippen molar-refractivity contribution in [1.29, 1.82) is 0 Å². The van der Waals surface area contributed by atoms with Crippen molar-refractivity contribution in [2.45, 2.75) is 33.2 Å². The summed E-state index contributed by atoms with van der Waals surface area (Å²) in [6, 6.07) is 11.7. The van der Waals surface area contributed by atoms with Crippen molar-refractivity contribution in [3.05, 3.63) is 53.3 Å². The van der Waals surface area contributed by atoms with E-state index in [1.165, 1.54) is 0 Å². The third-order valence-corrected chi connectivity index (χ3v) is 3.62. The predicted molar refractivity (Wildman–Crippen MR) is 84.1 cm³/mol. The minimum atomic E-state index is -0.188. The Morgan fingerprint density at radius 1 is 1.14 bits per heavy atom. The number of anilines is 1. The Hall–Kier alpha value is -2.23. The first-order valence-corrected chi connectivity index (χ1v) is 7.18. The van der Waals surface area contributed by atoms with Crippen molar-refractivity contribution >= 4 is 11.7 Å². The second kappa shape index (κ2) is 6.48. The Labute approximate surface area is 125 Å². The molecule has 112 valence electrons. The summed E-state index contributed by atoms with van der Waals surface area (Å²) in [4.78, 5) is 12.0. The van der Waals surface area contributed by atoms with Crippen LogP contribution < -0.4 is 5.73 Å². The van der Waals surface area contributed by atoms with Crippen molar-refractivity contribution in [2.75, 3.05) is 12.3 Å². The van der Waals surface area contributed by atoms with Crippen molar-refractivity contribution in [3.63, 3.8) is 0 Å². The second-order valence-electron chi connectivity index (χ2n) is 5.18. The topological polar surface area (TPSA) is 57.2 Å². The summed E-state index contributed by atoms with van der Waals surface area (Å²) in [7, 11) is 0. The highest BCUT2D eigenvalue weighted by atomic mass is 16.5. The molecule has 4 nitrogen and oxygen atoms in total. The fourth-order valence-electron chi connectivity index (χ4n) is 2.63. The van der Waals surface area contributed by atoms with Crippen LogP contribution in [0.1, 0.15) is 36.3 Å². The van der Waals surface area contributed by atoms with Gasteiger partial charge < -0.3 is 15.0 Å². The molecule has 0 aliphatic heterocycles. The number of hydrogen-bond acceptors (Lipinski definition) is 3. The molecular formula is C17H22N2O2. The van der Waals surface area contributed by atoms with Gasteiger partial charge in [-0.3, -0.25) is 4.79 Å². The smallest absolute Gasteiger partial charge is 0.308 e. The third kappa shape index (κ3) is 3.45. The lowest BCUT2D eigenvalue weighted by atomic mass is 10.0. The number of carbonyl (C=O) groups is 1. The van der Waals surface area contributed by atoms with Gasteiger partial charge in [-0.2, -0.15) is 0 Å². The van der Waals surface area contributed by atoms with Gasteiger partial charge in [-0.15, -0.1) is 0 Å². The van der Waals surface area contributed by atoms with E-state index in [2.05, 4.69) is 16.7 Å². The maximum atomic E-state index is 12.0. The Morgan fingerprint density at radius 2 is 1.71 bits per heavy atom. The van der Waals surface area contributed by atoms with Gasteiger partial charge in [0.15, 0.2) is 0 Å². The van der Waals surface area contributed by atoms with Crippen LogP contribution in [0.4, 0.5) is 5.69 Å². The molecule has 1 aromatic carbocycles. The van der Waals surface area contributed by atoms with Crippen LogP contribution in [0, 0.1) is 13.8 Å². The lowest BCUT2D eigenvalue weighted by Gasteiger charge is -2.22. The Bertz CT molecular complexity index is 595. The van der Waals surface area contributed by atoms with E-state index >= 15 is 0 Å². The Balaban J connectivity index is 2.39. The molecule has 2 rings (SSSR count). The molecular weight excluding hydrogens is 264 g/mol. The highest BCUT2D eigenvalue weighted by Gasteiger charge is 2.21. The highest BCUT2D eigenvalue weighted by molar-refractivity contribution is 5.70. The highest BCUT2D eigenvalue weighted by Crippen LogP contribution is 2.27. The number of carbonyl (C=O) groups excluding carboxylic acids is 1. The molecule has 2 aromatic rings. The summed E-state index contributed by atoms with van der Waals surface area (Å²) in [6.07, 6.45) is 0.314. The van der Waals surface area contributed by atoms with Crippen molar-refractivity contribution in [1.82, 2.24) is 4.57 Å². The van der Waals surface area contributed by atoms with Gasteiger partial charge >= 0.3 is 5.97 Å². The molecule has 0 saturated heterocycles. The number of esters is 1. The fraction of sp³-hybridized carbons (Fsp3) is 0.353. The molecule has 0 aliphatic carbocycles. The van der Waals surface area contributed by atoms with Gasteiger partial charge in [0, 0.05) is 17.1 Å². The number of aromatic nitrogens is 1. The van der Waals surface area contributed by atoms with E-state index in [1.54, 1.807) is 0 Å². The molecule has 1 aromatic heterocycles. The first-order chi connectivity index (χ1) is 10.0. The second-order valence-corrected chi connectivity index (χ2v) is 5.18. The van der Waals surface area contributed by atoms with Gasteiger partial charge in [-0.05, 0) is 50.6 Å². The summed E-state index contributed by atoms with van der Waals surface area (Å²) in [6.45, 7) is 6.31. The fourth-order valence-corrected chi connectivity index (χ4v) is 2.63. The van der Waals surface area contributed by atoms with Gasteiger partial charge in [0.2, 0.25) is 0 Å². The number of hydrogen-bond donors (Lipinski definition) is 1. The molecule has 0 saturated carbocycles. The monoisotopic (exact) mass is 286 g/mol. The van der Waals surface area contributed by atoms with E-state index in [9.17, 15) is 4.79 Å². The molecule has 0 bridgehead atoms. The molecule has 0 aliphatic rings. The van der Waals surface area contributed by atoms with Crippen molar-refractivity contribution < 1.29 is 9.53 Å². The van der Waals surface area contributed by atoms with Crippen LogP contribution in [0.2, 0.25) is 0 Å². The lowest BCUT2D eigenvalue weighted by Crippen LogP contribution is -2.19. The van der Waals surface area contributed by atoms with Crippen LogP contribution >= 0.6 is 0 Å². The summed E-state index contributed by atoms with van der Waals surface area (Å²) in [5, 5.41) is 0. The van der Waals surface area contributed by atoms with E-state index < -0.39 is 0 Å². The molecule has 0 fully saturated rings. The van der Waals surface area contributed by atoms with Crippen LogP contribution in [0.5, 0.6) is 0 Å². The Morgan fingerprint density at radius 3 is 2.24 bits per heavy atom. The molecule has 0 radical (unpaired) electrons. The number of aryl methyl sites for hydroxylation is 2. The van der Waals surface area contributed by atoms with Crippen LogP contribution in [0.15, 0.2) is 36.4 Å². The van der Waals surface area contributed by atoms with Crippen molar-refractivity contribution in [3.8, 4) is 0 Å². The number of nitrogens with two attached hydrogens (primary N) is 1. The standard InChI is InChI=1S/C17H22N2O2/c1-4-21-17(20)11-16(14-7-9-15(18)10-8-14)19-12(2)5-6-13(19)3/h5-10,16H,4,11,18H2,1-3H3/t16-/m0/s1. The Kier molecular flexibility index (Phi) is 4.68. The van der Waals surface area contributed by atoms with Gasteiger partial charge in [0.05, 0.1) is 19.1 Å². The summed E-state index contributed by atoms with van der Waals surface area (Å²) >= 11 is 0. The van der Waals surface area contributed by atoms with Gasteiger partial charge in [0.25, 0.3) is 0 Å². The minimum Gasteiger partial charge on any atom is -0.466 e. The average Bonchev–Trinajstić information content (AvgIpc) is 2.77. The molecule has 2 N–H and O–H groups in total. The first-order valence-electron chi connectivity index (χ1n) is 7.18. The SMILES string of the molecule is CCOC(=O)C[C@@H](c1ccc(N)cc1)n1c(C)ccc1C. The minimum absolute atomic E-state index is 0.0698. The van der Waals surface area contributed by atoms with E-state index in [0.717, 1.165) is 22.6 Å². The van der Waals surface area contributed by atoms with Gasteiger partial charge in [-0.25, -0.2) is 0 Å². The van der Waals surface area contributed by atoms with E-state index in [1.807, 2.05) is 45.0 Å². The molecule has 21 heavy (non-hydrogen) atoms. The van der Waals surface area contributed by atoms with Crippen LogP contribution in [0.3, 0.4) is 0 Å². The zero-order valence-corrected chi connectivity index (χ0v) is 12.8. The van der Waals surface area contributed by atoms with Crippen molar-refractivity contribution in [2.24, 2.45) is 0 Å². The molecule has 4 heteroatoms. The van der Waals surface area contributed by atoms with E-state index in [4.69, 9.17) is 10.5 Å². The zero-order valence-electron chi connectivity index (χ0n) is 12.8. The summed E-state index contributed by atoms with van der Waals surface area (Å²) in [5.74, 6) is -0.188. The molecule has 0 amide bonds. The number of rotatable bonds is 5. The third-order valence-electron chi connectivity index (χ3n) is 3.62. The molecule has 1 heterocycles. The maximum absolute atomic E-state index is 12.0. The zero-order chi connectivity index (χ0) is 15.4. The lowest BCUT2D eigenvalue weighted by molar-refractivity contribution is -0.143.